The lowest BCUT2D eigenvalue weighted by molar-refractivity contribution is 0.0899. The van der Waals surface area contributed by atoms with Gasteiger partial charge >= 0.3 is 0 Å². The first-order valence-corrected chi connectivity index (χ1v) is 5.45. The first-order chi connectivity index (χ1) is 6.79. The lowest BCUT2D eigenvalue weighted by Gasteiger charge is -2.07. The average Bonchev–Trinajstić information content (AvgIpc) is 2.70. The molecule has 0 amide bonds. The van der Waals surface area contributed by atoms with Crippen molar-refractivity contribution in [2.24, 2.45) is 5.92 Å². The Labute approximate surface area is 91.4 Å². The molecule has 1 heterocycles. The fourth-order valence-electron chi connectivity index (χ4n) is 1.62. The number of carbonyl (C=O) groups is 1. The van der Waals surface area contributed by atoms with Gasteiger partial charge < -0.3 is 4.74 Å². The molecule has 1 aromatic carbocycles. The van der Waals surface area contributed by atoms with Crippen LogP contribution in [0.5, 0.6) is 0 Å². The largest absolute Gasteiger partial charge is 0.381 e. The molecule has 0 N–H and O–H groups in total. The third-order valence-electron chi connectivity index (χ3n) is 2.44. The van der Waals surface area contributed by atoms with Gasteiger partial charge in [0.15, 0.2) is 5.78 Å². The van der Waals surface area contributed by atoms with Gasteiger partial charge in [0.25, 0.3) is 0 Å². The minimum Gasteiger partial charge on any atom is -0.381 e. The van der Waals surface area contributed by atoms with E-state index in [1.807, 2.05) is 24.3 Å². The molecular formula is C11H11BrO2. The molecule has 0 bridgehead atoms. The molecule has 1 aromatic rings. The fraction of sp³-hybridized carbons (Fsp3) is 0.364. The fourth-order valence-corrected chi connectivity index (χ4v) is 2.10. The van der Waals surface area contributed by atoms with Gasteiger partial charge in [-0.05, 0) is 12.5 Å². The van der Waals surface area contributed by atoms with Crippen LogP contribution in [0.15, 0.2) is 28.7 Å². The van der Waals surface area contributed by atoms with Crippen LogP contribution in [0.25, 0.3) is 0 Å². The highest BCUT2D eigenvalue weighted by Gasteiger charge is 2.25. The van der Waals surface area contributed by atoms with Crippen LogP contribution >= 0.6 is 15.9 Å². The number of ether oxygens (including phenoxy) is 1. The molecule has 1 fully saturated rings. The summed E-state index contributed by atoms with van der Waals surface area (Å²) in [6.07, 6.45) is 0.847. The van der Waals surface area contributed by atoms with Crippen molar-refractivity contribution in [3.63, 3.8) is 0 Å². The molecule has 14 heavy (non-hydrogen) atoms. The molecule has 0 aliphatic carbocycles. The van der Waals surface area contributed by atoms with Crippen molar-refractivity contribution in [2.45, 2.75) is 6.42 Å². The molecule has 3 heteroatoms. The van der Waals surface area contributed by atoms with E-state index in [0.717, 1.165) is 16.5 Å². The summed E-state index contributed by atoms with van der Waals surface area (Å²) >= 11 is 3.38. The van der Waals surface area contributed by atoms with Crippen LogP contribution < -0.4 is 0 Å². The second kappa shape index (κ2) is 4.24. The molecule has 1 aliphatic rings. The standard InChI is InChI=1S/C11H11BrO2/c12-10-4-2-1-3-9(10)11(13)8-5-6-14-7-8/h1-4,8H,5-7H2. The van der Waals surface area contributed by atoms with E-state index in [0.29, 0.717) is 13.2 Å². The maximum Gasteiger partial charge on any atom is 0.169 e. The van der Waals surface area contributed by atoms with Crippen molar-refractivity contribution in [1.29, 1.82) is 0 Å². The van der Waals surface area contributed by atoms with Gasteiger partial charge in [-0.25, -0.2) is 0 Å². The predicted molar refractivity (Wildman–Crippen MR) is 57.4 cm³/mol. The van der Waals surface area contributed by atoms with Crippen LogP contribution in [0.2, 0.25) is 0 Å². The minimum absolute atomic E-state index is 0.0497. The molecule has 1 saturated heterocycles. The number of carbonyl (C=O) groups excluding carboxylic acids is 1. The Bertz CT molecular complexity index is 343. The zero-order chi connectivity index (χ0) is 9.97. The first-order valence-electron chi connectivity index (χ1n) is 4.65. The molecule has 1 atom stereocenters. The number of benzene rings is 1. The van der Waals surface area contributed by atoms with Crippen LogP contribution in [0.4, 0.5) is 0 Å². The van der Waals surface area contributed by atoms with E-state index in [-0.39, 0.29) is 11.7 Å². The number of hydrogen-bond donors (Lipinski definition) is 0. The quantitative estimate of drug-likeness (QED) is 0.759. The highest BCUT2D eigenvalue weighted by Crippen LogP contribution is 2.23. The number of hydrogen-bond acceptors (Lipinski definition) is 2. The second-order valence-corrected chi connectivity index (χ2v) is 4.26. The average molecular weight is 255 g/mol. The summed E-state index contributed by atoms with van der Waals surface area (Å²) in [5, 5.41) is 0. The third kappa shape index (κ3) is 1.88. The molecule has 0 aromatic heterocycles. The van der Waals surface area contributed by atoms with Crippen molar-refractivity contribution in [1.82, 2.24) is 0 Å². The summed E-state index contributed by atoms with van der Waals surface area (Å²) in [6, 6.07) is 7.54. The Balaban J connectivity index is 2.22. The van der Waals surface area contributed by atoms with Crippen molar-refractivity contribution in [3.8, 4) is 0 Å². The number of rotatable bonds is 2. The van der Waals surface area contributed by atoms with Crippen LogP contribution in [0.3, 0.4) is 0 Å². The van der Waals surface area contributed by atoms with Crippen LogP contribution in [0.1, 0.15) is 16.8 Å². The van der Waals surface area contributed by atoms with E-state index in [9.17, 15) is 4.79 Å². The highest BCUT2D eigenvalue weighted by atomic mass is 79.9. The van der Waals surface area contributed by atoms with Gasteiger partial charge in [0.1, 0.15) is 0 Å². The van der Waals surface area contributed by atoms with E-state index in [2.05, 4.69) is 15.9 Å². The number of halogens is 1. The Morgan fingerprint density at radius 1 is 1.43 bits per heavy atom. The zero-order valence-electron chi connectivity index (χ0n) is 7.70. The highest BCUT2D eigenvalue weighted by molar-refractivity contribution is 9.10. The molecule has 1 unspecified atom stereocenters. The van der Waals surface area contributed by atoms with Crippen molar-refractivity contribution in [3.05, 3.63) is 34.3 Å². The molecule has 2 rings (SSSR count). The summed E-state index contributed by atoms with van der Waals surface area (Å²) in [4.78, 5) is 12.0. The van der Waals surface area contributed by atoms with Gasteiger partial charge in [-0.3, -0.25) is 4.79 Å². The normalized spacial score (nSPS) is 21.1. The summed E-state index contributed by atoms with van der Waals surface area (Å²) in [5.74, 6) is 0.240. The number of ketones is 1. The van der Waals surface area contributed by atoms with Crippen LogP contribution in [-0.4, -0.2) is 19.0 Å². The molecule has 0 saturated carbocycles. The molecule has 1 aliphatic heterocycles. The van der Waals surface area contributed by atoms with Crippen molar-refractivity contribution in [2.75, 3.05) is 13.2 Å². The number of Topliss-reactive ketones (excluding diaryl/α,β-unsaturated/α-hetero) is 1. The smallest absolute Gasteiger partial charge is 0.169 e. The molecular weight excluding hydrogens is 244 g/mol. The van der Waals surface area contributed by atoms with Crippen molar-refractivity contribution >= 4 is 21.7 Å². The molecule has 2 nitrogen and oxygen atoms in total. The van der Waals surface area contributed by atoms with E-state index in [4.69, 9.17) is 4.74 Å². The summed E-state index contributed by atoms with van der Waals surface area (Å²) in [6.45, 7) is 1.28. The summed E-state index contributed by atoms with van der Waals surface area (Å²) in [5.41, 5.74) is 0.767. The van der Waals surface area contributed by atoms with E-state index in [1.54, 1.807) is 0 Å². The summed E-state index contributed by atoms with van der Waals surface area (Å²) < 4.78 is 6.08. The predicted octanol–water partition coefficient (Wildman–Crippen LogP) is 2.67. The minimum atomic E-state index is 0.0497. The van der Waals surface area contributed by atoms with Gasteiger partial charge in [-0.15, -0.1) is 0 Å². The van der Waals surface area contributed by atoms with Gasteiger partial charge in [0.05, 0.1) is 6.61 Å². The SMILES string of the molecule is O=C(c1ccccc1Br)C1CCOC1. The molecule has 0 spiro atoms. The van der Waals surface area contributed by atoms with Gasteiger partial charge in [-0.2, -0.15) is 0 Å². The Hall–Kier alpha value is -0.670. The van der Waals surface area contributed by atoms with Gasteiger partial charge in [0.2, 0.25) is 0 Å². The maximum absolute atomic E-state index is 12.0. The Morgan fingerprint density at radius 2 is 2.21 bits per heavy atom. The lowest BCUT2D eigenvalue weighted by Crippen LogP contribution is -2.14. The van der Waals surface area contributed by atoms with Gasteiger partial charge in [0, 0.05) is 22.6 Å². The third-order valence-corrected chi connectivity index (χ3v) is 3.13. The molecule has 74 valence electrons. The first kappa shape index (κ1) is 9.87. The van der Waals surface area contributed by atoms with Gasteiger partial charge in [-0.1, -0.05) is 34.1 Å². The van der Waals surface area contributed by atoms with Crippen LogP contribution in [-0.2, 0) is 4.74 Å². The van der Waals surface area contributed by atoms with E-state index in [1.165, 1.54) is 0 Å². The van der Waals surface area contributed by atoms with E-state index >= 15 is 0 Å². The lowest BCUT2D eigenvalue weighted by atomic mass is 9.97. The zero-order valence-corrected chi connectivity index (χ0v) is 9.29. The van der Waals surface area contributed by atoms with Crippen molar-refractivity contribution < 1.29 is 9.53 Å². The summed E-state index contributed by atoms with van der Waals surface area (Å²) in [7, 11) is 0. The topological polar surface area (TPSA) is 26.3 Å². The maximum atomic E-state index is 12.0. The Kier molecular flexibility index (Phi) is 2.99. The van der Waals surface area contributed by atoms with E-state index < -0.39 is 0 Å². The monoisotopic (exact) mass is 254 g/mol. The molecule has 0 radical (unpaired) electrons. The van der Waals surface area contributed by atoms with Crippen LogP contribution in [0, 0.1) is 5.92 Å². The second-order valence-electron chi connectivity index (χ2n) is 3.40. The Morgan fingerprint density at radius 3 is 2.86 bits per heavy atom.